The first-order valence-corrected chi connectivity index (χ1v) is 6.86. The van der Waals surface area contributed by atoms with Crippen LogP contribution < -0.4 is 10.6 Å². The van der Waals surface area contributed by atoms with Gasteiger partial charge < -0.3 is 10.6 Å². The van der Waals surface area contributed by atoms with Crippen molar-refractivity contribution in [3.8, 4) is 6.07 Å². The normalized spacial score (nSPS) is 12.6. The molecule has 0 spiro atoms. The number of hydrogen-bond acceptors (Lipinski definition) is 3. The summed E-state index contributed by atoms with van der Waals surface area (Å²) in [4.78, 5) is 11.8. The molecule has 1 aromatic rings. The Balaban J connectivity index is 2.43. The summed E-state index contributed by atoms with van der Waals surface area (Å²) in [6.45, 7) is 8.82. The Morgan fingerprint density at radius 3 is 2.40 bits per heavy atom. The van der Waals surface area contributed by atoms with E-state index in [1.54, 1.807) is 12.1 Å². The summed E-state index contributed by atoms with van der Waals surface area (Å²) in [5, 5.41) is 15.0. The maximum Gasteiger partial charge on any atom is 0.221 e. The molecule has 0 aliphatic heterocycles. The fourth-order valence-corrected chi connectivity index (χ4v) is 1.79. The molecule has 4 nitrogen and oxygen atoms in total. The van der Waals surface area contributed by atoms with Crippen LogP contribution in [0, 0.1) is 11.3 Å². The molecule has 4 heteroatoms. The summed E-state index contributed by atoms with van der Waals surface area (Å²) in [6, 6.07) is 9.30. The van der Waals surface area contributed by atoms with Crippen molar-refractivity contribution in [3.05, 3.63) is 35.4 Å². The van der Waals surface area contributed by atoms with Crippen LogP contribution in [0.15, 0.2) is 24.3 Å². The zero-order valence-corrected chi connectivity index (χ0v) is 12.7. The second-order valence-corrected chi connectivity index (χ2v) is 5.95. The van der Waals surface area contributed by atoms with Crippen LogP contribution in [0.1, 0.15) is 51.3 Å². The molecule has 0 aromatic heterocycles. The van der Waals surface area contributed by atoms with E-state index in [0.717, 1.165) is 5.56 Å². The van der Waals surface area contributed by atoms with Gasteiger partial charge in [0.1, 0.15) is 0 Å². The minimum Gasteiger partial charge on any atom is -0.350 e. The van der Waals surface area contributed by atoms with Crippen molar-refractivity contribution in [3.63, 3.8) is 0 Å². The lowest BCUT2D eigenvalue weighted by atomic mass is 10.1. The van der Waals surface area contributed by atoms with E-state index >= 15 is 0 Å². The van der Waals surface area contributed by atoms with Gasteiger partial charge in [0.25, 0.3) is 0 Å². The number of benzene rings is 1. The third-order valence-corrected chi connectivity index (χ3v) is 2.92. The van der Waals surface area contributed by atoms with Crippen LogP contribution in [0.25, 0.3) is 0 Å². The molecule has 0 saturated heterocycles. The highest BCUT2D eigenvalue weighted by atomic mass is 16.1. The molecule has 0 bridgehead atoms. The fraction of sp³-hybridized carbons (Fsp3) is 0.500. The van der Waals surface area contributed by atoms with Crippen LogP contribution in [-0.4, -0.2) is 18.0 Å². The molecule has 0 heterocycles. The number of hydrogen-bond donors (Lipinski definition) is 2. The number of carbonyl (C=O) groups excluding carboxylic acids is 1. The SMILES string of the molecule is CC(NC(=O)CCNC(C)(C)C)c1ccc(C#N)cc1. The van der Waals surface area contributed by atoms with Gasteiger partial charge in [-0.15, -0.1) is 0 Å². The van der Waals surface area contributed by atoms with Gasteiger partial charge in [0, 0.05) is 18.5 Å². The summed E-state index contributed by atoms with van der Waals surface area (Å²) >= 11 is 0. The van der Waals surface area contributed by atoms with E-state index in [9.17, 15) is 4.79 Å². The molecule has 1 atom stereocenters. The molecule has 0 saturated carbocycles. The van der Waals surface area contributed by atoms with Crippen LogP contribution in [0.4, 0.5) is 0 Å². The van der Waals surface area contributed by atoms with Gasteiger partial charge in [0.2, 0.25) is 5.91 Å². The molecule has 2 N–H and O–H groups in total. The molecule has 0 aliphatic rings. The van der Waals surface area contributed by atoms with Crippen LogP contribution in [0.3, 0.4) is 0 Å². The maximum absolute atomic E-state index is 11.8. The van der Waals surface area contributed by atoms with E-state index in [-0.39, 0.29) is 17.5 Å². The van der Waals surface area contributed by atoms with Crippen LogP contribution in [0.2, 0.25) is 0 Å². The van der Waals surface area contributed by atoms with E-state index in [2.05, 4.69) is 37.5 Å². The quantitative estimate of drug-likeness (QED) is 0.866. The Bertz CT molecular complexity index is 480. The molecule has 0 aliphatic carbocycles. The Hall–Kier alpha value is -1.86. The van der Waals surface area contributed by atoms with Gasteiger partial charge in [-0.25, -0.2) is 0 Å². The number of nitrogens with zero attached hydrogens (tertiary/aromatic N) is 1. The number of nitrogens with one attached hydrogen (secondary N) is 2. The largest absolute Gasteiger partial charge is 0.350 e. The van der Waals surface area contributed by atoms with Crippen LogP contribution >= 0.6 is 0 Å². The predicted octanol–water partition coefficient (Wildman–Crippen LogP) is 2.51. The minimum atomic E-state index is -0.0510. The molecule has 0 radical (unpaired) electrons. The highest BCUT2D eigenvalue weighted by molar-refractivity contribution is 5.76. The highest BCUT2D eigenvalue weighted by Gasteiger charge is 2.12. The monoisotopic (exact) mass is 273 g/mol. The first kappa shape index (κ1) is 16.2. The van der Waals surface area contributed by atoms with E-state index < -0.39 is 0 Å². The highest BCUT2D eigenvalue weighted by Crippen LogP contribution is 2.13. The molecule has 0 fully saturated rings. The van der Waals surface area contributed by atoms with E-state index in [4.69, 9.17) is 5.26 Å². The van der Waals surface area contributed by atoms with Crippen LogP contribution in [-0.2, 0) is 4.79 Å². The molecular formula is C16H23N3O. The molecule has 1 unspecified atom stereocenters. The summed E-state index contributed by atoms with van der Waals surface area (Å²) < 4.78 is 0. The second kappa shape index (κ2) is 7.06. The molecule has 1 amide bonds. The van der Waals surface area contributed by atoms with E-state index in [1.807, 2.05) is 19.1 Å². The lowest BCUT2D eigenvalue weighted by Crippen LogP contribution is -2.38. The van der Waals surface area contributed by atoms with Gasteiger partial charge in [-0.05, 0) is 45.4 Å². The van der Waals surface area contributed by atoms with Crippen molar-refractivity contribution < 1.29 is 4.79 Å². The van der Waals surface area contributed by atoms with Crippen LogP contribution in [0.5, 0.6) is 0 Å². The molecule has 108 valence electrons. The number of rotatable bonds is 5. The van der Waals surface area contributed by atoms with Crippen molar-refractivity contribution in [1.82, 2.24) is 10.6 Å². The van der Waals surface area contributed by atoms with Crippen molar-refractivity contribution in [2.45, 2.75) is 45.7 Å². The van der Waals surface area contributed by atoms with Crippen molar-refractivity contribution >= 4 is 5.91 Å². The first-order valence-electron chi connectivity index (χ1n) is 6.86. The summed E-state index contributed by atoms with van der Waals surface area (Å²) in [5.74, 6) is 0.0265. The Kier molecular flexibility index (Phi) is 5.72. The van der Waals surface area contributed by atoms with Gasteiger partial charge in [0.15, 0.2) is 0 Å². The standard InChI is InChI=1S/C16H23N3O/c1-12(14-7-5-13(11-17)6-8-14)19-15(20)9-10-18-16(2,3)4/h5-8,12,18H,9-10H2,1-4H3,(H,19,20). The average Bonchev–Trinajstić information content (AvgIpc) is 2.37. The zero-order chi connectivity index (χ0) is 15.2. The maximum atomic E-state index is 11.8. The van der Waals surface area contributed by atoms with Gasteiger partial charge in [-0.3, -0.25) is 4.79 Å². The smallest absolute Gasteiger partial charge is 0.221 e. The first-order chi connectivity index (χ1) is 9.31. The zero-order valence-electron chi connectivity index (χ0n) is 12.7. The lowest BCUT2D eigenvalue weighted by molar-refractivity contribution is -0.121. The van der Waals surface area contributed by atoms with Crippen molar-refractivity contribution in [1.29, 1.82) is 5.26 Å². The Morgan fingerprint density at radius 1 is 1.30 bits per heavy atom. The minimum absolute atomic E-state index is 0.0265. The lowest BCUT2D eigenvalue weighted by Gasteiger charge is -2.21. The van der Waals surface area contributed by atoms with Gasteiger partial charge >= 0.3 is 0 Å². The summed E-state index contributed by atoms with van der Waals surface area (Å²) in [6.07, 6.45) is 0.456. The molecular weight excluding hydrogens is 250 g/mol. The second-order valence-electron chi connectivity index (χ2n) is 5.95. The summed E-state index contributed by atoms with van der Waals surface area (Å²) in [7, 11) is 0. The van der Waals surface area contributed by atoms with Gasteiger partial charge in [-0.2, -0.15) is 5.26 Å². The predicted molar refractivity (Wildman–Crippen MR) is 80.1 cm³/mol. The van der Waals surface area contributed by atoms with Gasteiger partial charge in [-0.1, -0.05) is 12.1 Å². The van der Waals surface area contributed by atoms with E-state index in [1.165, 1.54) is 0 Å². The third kappa shape index (κ3) is 5.85. The van der Waals surface area contributed by atoms with Crippen molar-refractivity contribution in [2.75, 3.05) is 6.54 Å². The third-order valence-electron chi connectivity index (χ3n) is 2.92. The molecule has 1 rings (SSSR count). The fourth-order valence-electron chi connectivity index (χ4n) is 1.79. The topological polar surface area (TPSA) is 64.9 Å². The van der Waals surface area contributed by atoms with E-state index in [0.29, 0.717) is 18.5 Å². The van der Waals surface area contributed by atoms with Gasteiger partial charge in [0.05, 0.1) is 17.7 Å². The summed E-state index contributed by atoms with van der Waals surface area (Å²) in [5.41, 5.74) is 1.65. The average molecular weight is 273 g/mol. The Morgan fingerprint density at radius 2 is 1.90 bits per heavy atom. The number of nitriles is 1. The Labute approximate surface area is 121 Å². The molecule has 1 aromatic carbocycles. The number of amides is 1. The molecule has 20 heavy (non-hydrogen) atoms. The number of carbonyl (C=O) groups is 1. The van der Waals surface area contributed by atoms with Crippen molar-refractivity contribution in [2.24, 2.45) is 0 Å².